The van der Waals surface area contributed by atoms with Crippen LogP contribution in [0.25, 0.3) is 0 Å². The summed E-state index contributed by atoms with van der Waals surface area (Å²) in [5.41, 5.74) is 9.22. The van der Waals surface area contributed by atoms with Crippen LogP contribution in [0.5, 0.6) is 11.5 Å². The molecule has 1 fully saturated rings. The molecule has 3 unspecified atom stereocenters. The van der Waals surface area contributed by atoms with Crippen LogP contribution in [0, 0.1) is 6.92 Å². The summed E-state index contributed by atoms with van der Waals surface area (Å²) in [6.07, 6.45) is -0.239. The average Bonchev–Trinajstić information content (AvgIpc) is 3.01. The quantitative estimate of drug-likeness (QED) is 0.768. The Labute approximate surface area is 153 Å². The van der Waals surface area contributed by atoms with Crippen LogP contribution in [0.2, 0.25) is 0 Å². The van der Waals surface area contributed by atoms with Crippen molar-refractivity contribution in [3.8, 4) is 11.5 Å². The smallest absolute Gasteiger partial charge is 0.252 e. The van der Waals surface area contributed by atoms with Crippen molar-refractivity contribution in [1.82, 2.24) is 16.2 Å². The van der Waals surface area contributed by atoms with Gasteiger partial charge >= 0.3 is 0 Å². The zero-order valence-corrected chi connectivity index (χ0v) is 15.5. The van der Waals surface area contributed by atoms with Gasteiger partial charge in [-0.2, -0.15) is 0 Å². The van der Waals surface area contributed by atoms with E-state index in [2.05, 4.69) is 23.1 Å². The molecular weight excluding hydrogens is 330 g/mol. The number of carbonyl (C=O) groups is 1. The Kier molecular flexibility index (Phi) is 5.44. The van der Waals surface area contributed by atoms with Gasteiger partial charge in [0.2, 0.25) is 0 Å². The Bertz CT molecular complexity index is 776. The minimum atomic E-state index is -0.239. The molecule has 1 heterocycles. The molecular formula is C20H25N3O3. The van der Waals surface area contributed by atoms with Gasteiger partial charge in [-0.1, -0.05) is 23.8 Å². The summed E-state index contributed by atoms with van der Waals surface area (Å²) in [7, 11) is 3.23. The number of hydrogen-bond acceptors (Lipinski definition) is 5. The van der Waals surface area contributed by atoms with Crippen LogP contribution in [-0.2, 0) is 0 Å². The highest BCUT2D eigenvalue weighted by molar-refractivity contribution is 5.94. The fourth-order valence-corrected chi connectivity index (χ4v) is 3.29. The fourth-order valence-electron chi connectivity index (χ4n) is 3.29. The number of rotatable bonds is 5. The molecule has 3 N–H and O–H groups in total. The first-order valence-electron chi connectivity index (χ1n) is 8.64. The lowest BCUT2D eigenvalue weighted by Gasteiger charge is -2.23. The molecule has 2 aromatic carbocycles. The van der Waals surface area contributed by atoms with E-state index in [0.717, 1.165) is 11.1 Å². The van der Waals surface area contributed by atoms with Gasteiger partial charge in [0.1, 0.15) is 6.17 Å². The third kappa shape index (κ3) is 3.66. The topological polar surface area (TPSA) is 71.6 Å². The van der Waals surface area contributed by atoms with E-state index in [1.54, 1.807) is 14.2 Å². The maximum Gasteiger partial charge on any atom is 0.252 e. The monoisotopic (exact) mass is 355 g/mol. The summed E-state index contributed by atoms with van der Waals surface area (Å²) < 4.78 is 10.7. The summed E-state index contributed by atoms with van der Waals surface area (Å²) in [4.78, 5) is 12.6. The summed E-state index contributed by atoms with van der Waals surface area (Å²) in [6, 6.07) is 13.5. The van der Waals surface area contributed by atoms with Gasteiger partial charge in [0.15, 0.2) is 11.5 Å². The molecule has 1 saturated heterocycles. The van der Waals surface area contributed by atoms with E-state index in [0.29, 0.717) is 17.1 Å². The molecule has 6 heteroatoms. The molecule has 1 amide bonds. The first-order valence-corrected chi connectivity index (χ1v) is 8.64. The second-order valence-corrected chi connectivity index (χ2v) is 6.53. The van der Waals surface area contributed by atoms with Crippen molar-refractivity contribution in [3.05, 3.63) is 59.2 Å². The Morgan fingerprint density at radius 2 is 1.69 bits per heavy atom. The molecule has 0 saturated carbocycles. The van der Waals surface area contributed by atoms with Gasteiger partial charge in [0.05, 0.1) is 14.2 Å². The molecule has 26 heavy (non-hydrogen) atoms. The molecule has 0 radical (unpaired) electrons. The SMILES string of the molecule is COc1ccc(C2C(C)NNC2NC(=O)c2ccc(C)cc2)cc1OC. The average molecular weight is 355 g/mol. The van der Waals surface area contributed by atoms with Gasteiger partial charge in [-0.25, -0.2) is 5.43 Å². The maximum atomic E-state index is 12.6. The van der Waals surface area contributed by atoms with Crippen LogP contribution in [0.4, 0.5) is 0 Å². The van der Waals surface area contributed by atoms with Crippen molar-refractivity contribution < 1.29 is 14.3 Å². The number of aryl methyl sites for hydroxylation is 1. The van der Waals surface area contributed by atoms with Crippen molar-refractivity contribution in [2.75, 3.05) is 14.2 Å². The number of ether oxygens (including phenoxy) is 2. The maximum absolute atomic E-state index is 12.6. The zero-order valence-electron chi connectivity index (χ0n) is 15.5. The summed E-state index contributed by atoms with van der Waals surface area (Å²) >= 11 is 0. The van der Waals surface area contributed by atoms with E-state index in [1.165, 1.54) is 0 Å². The third-order valence-corrected chi connectivity index (χ3v) is 4.76. The van der Waals surface area contributed by atoms with E-state index in [9.17, 15) is 4.79 Å². The number of hydrogen-bond donors (Lipinski definition) is 3. The first-order chi connectivity index (χ1) is 12.5. The van der Waals surface area contributed by atoms with Gasteiger partial charge in [-0.05, 0) is 43.7 Å². The standard InChI is InChI=1S/C20H25N3O3/c1-12-5-7-14(8-6-12)20(24)21-19-18(13(2)22-23-19)15-9-10-16(25-3)17(11-15)26-4/h5-11,13,18-19,22-23H,1-4H3,(H,21,24). The predicted octanol–water partition coefficient (Wildman–Crippen LogP) is 2.35. The van der Waals surface area contributed by atoms with E-state index in [-0.39, 0.29) is 24.0 Å². The van der Waals surface area contributed by atoms with Crippen LogP contribution in [0.3, 0.4) is 0 Å². The molecule has 2 aromatic rings. The van der Waals surface area contributed by atoms with E-state index >= 15 is 0 Å². The largest absolute Gasteiger partial charge is 0.493 e. The van der Waals surface area contributed by atoms with E-state index < -0.39 is 0 Å². The molecule has 1 aliphatic heterocycles. The lowest BCUT2D eigenvalue weighted by atomic mass is 9.91. The summed E-state index contributed by atoms with van der Waals surface area (Å²) in [5, 5.41) is 3.08. The van der Waals surface area contributed by atoms with Gasteiger partial charge in [-0.15, -0.1) is 0 Å². The van der Waals surface area contributed by atoms with Gasteiger partial charge in [0.25, 0.3) is 5.91 Å². The number of amides is 1. The lowest BCUT2D eigenvalue weighted by molar-refractivity contribution is 0.0928. The molecule has 0 spiro atoms. The Balaban J connectivity index is 1.81. The molecule has 1 aliphatic rings. The van der Waals surface area contributed by atoms with Crippen LogP contribution >= 0.6 is 0 Å². The highest BCUT2D eigenvalue weighted by atomic mass is 16.5. The summed E-state index contributed by atoms with van der Waals surface area (Å²) in [5.74, 6) is 1.30. The van der Waals surface area contributed by atoms with E-state index in [1.807, 2.05) is 49.4 Å². The van der Waals surface area contributed by atoms with Gasteiger partial charge in [0, 0.05) is 17.5 Å². The Morgan fingerprint density at radius 1 is 1.00 bits per heavy atom. The second kappa shape index (κ2) is 7.76. The first kappa shape index (κ1) is 18.2. The van der Waals surface area contributed by atoms with Crippen LogP contribution < -0.4 is 25.6 Å². The highest BCUT2D eigenvalue weighted by Gasteiger charge is 2.35. The van der Waals surface area contributed by atoms with Crippen molar-refractivity contribution >= 4 is 5.91 Å². The molecule has 138 valence electrons. The third-order valence-electron chi connectivity index (χ3n) is 4.76. The van der Waals surface area contributed by atoms with E-state index in [4.69, 9.17) is 9.47 Å². The Morgan fingerprint density at radius 3 is 2.35 bits per heavy atom. The fraction of sp³-hybridized carbons (Fsp3) is 0.350. The molecule has 3 rings (SSSR count). The number of hydrazine groups is 1. The number of nitrogens with one attached hydrogen (secondary N) is 3. The van der Waals surface area contributed by atoms with Crippen molar-refractivity contribution in [1.29, 1.82) is 0 Å². The van der Waals surface area contributed by atoms with Crippen LogP contribution in [0.15, 0.2) is 42.5 Å². The Hall–Kier alpha value is -2.57. The van der Waals surface area contributed by atoms with Gasteiger partial charge < -0.3 is 14.8 Å². The minimum absolute atomic E-state index is 0.0456. The van der Waals surface area contributed by atoms with Gasteiger partial charge in [-0.3, -0.25) is 10.2 Å². The molecule has 6 nitrogen and oxygen atoms in total. The minimum Gasteiger partial charge on any atom is -0.493 e. The zero-order chi connectivity index (χ0) is 18.7. The highest BCUT2D eigenvalue weighted by Crippen LogP contribution is 2.34. The van der Waals surface area contributed by atoms with Crippen molar-refractivity contribution in [3.63, 3.8) is 0 Å². The predicted molar refractivity (Wildman–Crippen MR) is 100 cm³/mol. The van der Waals surface area contributed by atoms with Crippen molar-refractivity contribution in [2.24, 2.45) is 0 Å². The molecule has 0 bridgehead atoms. The second-order valence-electron chi connectivity index (χ2n) is 6.53. The van der Waals surface area contributed by atoms with Crippen LogP contribution in [-0.4, -0.2) is 32.3 Å². The molecule has 0 aromatic heterocycles. The summed E-state index contributed by atoms with van der Waals surface area (Å²) in [6.45, 7) is 4.07. The number of methoxy groups -OCH3 is 2. The number of benzene rings is 2. The van der Waals surface area contributed by atoms with Crippen LogP contribution in [0.1, 0.15) is 34.3 Å². The van der Waals surface area contributed by atoms with Crippen molar-refractivity contribution in [2.45, 2.75) is 32.0 Å². The number of carbonyl (C=O) groups excluding carboxylic acids is 1. The lowest BCUT2D eigenvalue weighted by Crippen LogP contribution is -2.46. The molecule has 0 aliphatic carbocycles. The normalized spacial score (nSPS) is 22.1. The molecule has 3 atom stereocenters.